The fraction of sp³-hybridized carbons (Fsp3) is 0.111. The number of nitrogens with zero attached hydrogens (tertiary/aromatic N) is 3. The van der Waals surface area contributed by atoms with E-state index in [4.69, 9.17) is 14.3 Å². The lowest BCUT2D eigenvalue weighted by atomic mass is 10.0. The van der Waals surface area contributed by atoms with Gasteiger partial charge in [0.2, 0.25) is 0 Å². The number of rotatable bonds is 11. The Labute approximate surface area is 254 Å². The molecule has 0 saturated carbocycles. The molecule has 0 aliphatic heterocycles. The molecule has 0 amide bonds. The molecule has 2 aromatic heterocycles. The Morgan fingerprint density at radius 3 is 1.57 bits per heavy atom. The molecule has 218 valence electrons. The van der Waals surface area contributed by atoms with Crippen LogP contribution in [0.1, 0.15) is 35.5 Å². The fourth-order valence-electron chi connectivity index (χ4n) is 4.65. The van der Waals surface area contributed by atoms with E-state index in [1.54, 1.807) is 0 Å². The molecule has 8 nitrogen and oxygen atoms in total. The molecule has 44 heavy (non-hydrogen) atoms. The van der Waals surface area contributed by atoms with Crippen LogP contribution >= 0.6 is 0 Å². The summed E-state index contributed by atoms with van der Waals surface area (Å²) in [5.74, 6) is 0.179. The van der Waals surface area contributed by atoms with Crippen LogP contribution in [-0.2, 0) is 22.8 Å². The van der Waals surface area contributed by atoms with Gasteiger partial charge in [0.05, 0.1) is 22.4 Å². The highest BCUT2D eigenvalue weighted by Crippen LogP contribution is 2.30. The Balaban J connectivity index is 1.15. The Kier molecular flexibility index (Phi) is 8.41. The van der Waals surface area contributed by atoms with Crippen LogP contribution in [-0.4, -0.2) is 26.8 Å². The predicted octanol–water partition coefficient (Wildman–Crippen LogP) is 7.51. The van der Waals surface area contributed by atoms with Gasteiger partial charge in [0, 0.05) is 10.8 Å². The Hall–Kier alpha value is -5.76. The molecule has 0 fully saturated rings. The molecule has 6 rings (SSSR count). The molecule has 6 aromatic rings. The summed E-state index contributed by atoms with van der Waals surface area (Å²) in [7, 11) is 0. The number of oxime groups is 1. The van der Waals surface area contributed by atoms with Crippen LogP contribution in [0.15, 0.2) is 126 Å². The minimum absolute atomic E-state index is 0.152. The third-order valence-electron chi connectivity index (χ3n) is 7.06. The molecule has 0 unspecified atom stereocenters. The summed E-state index contributed by atoms with van der Waals surface area (Å²) < 4.78 is 12.0. The number of hydrogen-bond acceptors (Lipinski definition) is 7. The molecular formula is C36H29N3O5. The van der Waals surface area contributed by atoms with E-state index >= 15 is 0 Å². The van der Waals surface area contributed by atoms with E-state index in [1.165, 1.54) is 6.92 Å². The first-order chi connectivity index (χ1) is 21.5. The van der Waals surface area contributed by atoms with Crippen LogP contribution in [0.5, 0.6) is 11.5 Å². The van der Waals surface area contributed by atoms with Crippen LogP contribution in [0, 0.1) is 0 Å². The second-order valence-corrected chi connectivity index (χ2v) is 10.2. The summed E-state index contributed by atoms with van der Waals surface area (Å²) in [6.07, 6.45) is -0.656. The molecule has 0 atom stereocenters. The number of aliphatic carboxylic acids is 1. The van der Waals surface area contributed by atoms with Crippen molar-refractivity contribution in [3.63, 3.8) is 0 Å². The number of carbonyl (C=O) groups is 1. The zero-order valence-electron chi connectivity index (χ0n) is 24.0. The summed E-state index contributed by atoms with van der Waals surface area (Å²) in [5.41, 5.74) is 4.89. The third-order valence-corrected chi connectivity index (χ3v) is 7.06. The van der Waals surface area contributed by atoms with Crippen molar-refractivity contribution < 1.29 is 24.2 Å². The zero-order chi connectivity index (χ0) is 30.3. The van der Waals surface area contributed by atoms with Crippen LogP contribution in [0.4, 0.5) is 0 Å². The highest BCUT2D eigenvalue weighted by atomic mass is 16.6. The van der Waals surface area contributed by atoms with Crippen molar-refractivity contribution >= 4 is 33.5 Å². The summed E-state index contributed by atoms with van der Waals surface area (Å²) in [6, 6.07) is 38.7. The third kappa shape index (κ3) is 6.82. The van der Waals surface area contributed by atoms with E-state index in [2.05, 4.69) is 15.1 Å². The lowest BCUT2D eigenvalue weighted by Gasteiger charge is -2.17. The summed E-state index contributed by atoms with van der Waals surface area (Å²) in [6.45, 7) is 2.03. The van der Waals surface area contributed by atoms with Crippen molar-refractivity contribution in [2.45, 2.75) is 26.2 Å². The largest absolute Gasteiger partial charge is 0.487 e. The van der Waals surface area contributed by atoms with E-state index in [0.717, 1.165) is 44.3 Å². The van der Waals surface area contributed by atoms with Crippen molar-refractivity contribution in [3.8, 4) is 11.5 Å². The van der Waals surface area contributed by atoms with Crippen LogP contribution in [0.25, 0.3) is 21.8 Å². The summed E-state index contributed by atoms with van der Waals surface area (Å²) in [4.78, 5) is 26.4. The smallest absolute Gasteiger partial charge is 0.353 e. The molecule has 0 saturated heterocycles. The van der Waals surface area contributed by atoms with E-state index in [9.17, 15) is 9.90 Å². The number of pyridine rings is 2. The topological polar surface area (TPSA) is 103 Å². The first-order valence-corrected chi connectivity index (χ1v) is 14.1. The van der Waals surface area contributed by atoms with Crippen molar-refractivity contribution in [3.05, 3.63) is 144 Å². The number of fused-ring (bicyclic) bond motifs is 2. The molecule has 0 spiro atoms. The summed E-state index contributed by atoms with van der Waals surface area (Å²) >= 11 is 0. The van der Waals surface area contributed by atoms with Gasteiger partial charge >= 0.3 is 5.97 Å². The van der Waals surface area contributed by atoms with Crippen LogP contribution in [0.2, 0.25) is 0 Å². The highest BCUT2D eigenvalue weighted by molar-refractivity contribution is 6.34. The molecule has 8 heteroatoms. The second-order valence-electron chi connectivity index (χ2n) is 10.2. The summed E-state index contributed by atoms with van der Waals surface area (Å²) in [5, 5.41) is 15.3. The van der Waals surface area contributed by atoms with Crippen LogP contribution < -0.4 is 9.47 Å². The van der Waals surface area contributed by atoms with Crippen LogP contribution in [0.3, 0.4) is 0 Å². The maximum Gasteiger partial charge on any atom is 0.353 e. The van der Waals surface area contributed by atoms with Gasteiger partial charge in [0.25, 0.3) is 0 Å². The lowest BCUT2D eigenvalue weighted by Crippen LogP contribution is -2.11. The second kappa shape index (κ2) is 13.0. The van der Waals surface area contributed by atoms with E-state index in [-0.39, 0.29) is 5.71 Å². The molecule has 0 aliphatic carbocycles. The van der Waals surface area contributed by atoms with E-state index in [1.807, 2.05) is 121 Å². The van der Waals surface area contributed by atoms with Gasteiger partial charge in [0.1, 0.15) is 24.7 Å². The number of aromatic nitrogens is 2. The molecule has 1 N–H and O–H groups in total. The van der Waals surface area contributed by atoms with Gasteiger partial charge in [-0.2, -0.15) is 0 Å². The van der Waals surface area contributed by atoms with Gasteiger partial charge in [-0.25, -0.2) is 14.8 Å². The number of carboxylic acids is 1. The molecule has 0 radical (unpaired) electrons. The monoisotopic (exact) mass is 583 g/mol. The molecule has 4 aromatic carbocycles. The van der Waals surface area contributed by atoms with Gasteiger partial charge in [-0.3, -0.25) is 0 Å². The SMILES string of the molecule is C/C(=N\OC(c1ccc(OCc2ccc3ccccc3n2)cc1)c1ccc(OCc2ccc3ccccc3n2)cc1)C(=O)O. The maximum atomic E-state index is 11.3. The van der Waals surface area contributed by atoms with Crippen molar-refractivity contribution in [1.82, 2.24) is 9.97 Å². The van der Waals surface area contributed by atoms with E-state index < -0.39 is 12.1 Å². The Bertz CT molecular complexity index is 1810. The quantitative estimate of drug-likeness (QED) is 0.124. The zero-order valence-corrected chi connectivity index (χ0v) is 24.0. The minimum atomic E-state index is -1.15. The molecule has 0 bridgehead atoms. The van der Waals surface area contributed by atoms with Crippen molar-refractivity contribution in [2.75, 3.05) is 0 Å². The van der Waals surface area contributed by atoms with Crippen molar-refractivity contribution in [2.24, 2.45) is 5.16 Å². The Morgan fingerprint density at radius 2 is 1.11 bits per heavy atom. The minimum Gasteiger partial charge on any atom is -0.487 e. The number of hydrogen-bond donors (Lipinski definition) is 1. The number of ether oxygens (including phenoxy) is 2. The van der Waals surface area contributed by atoms with Gasteiger partial charge in [-0.05, 0) is 66.6 Å². The number of benzene rings is 4. The first-order valence-electron chi connectivity index (χ1n) is 14.1. The van der Waals surface area contributed by atoms with Gasteiger partial charge in [-0.15, -0.1) is 0 Å². The standard InChI is InChI=1S/C36H29N3O5/c1-24(36(40)41)39-44-35(27-12-18-31(19-13-27)42-22-29-16-10-25-6-2-4-8-33(25)37-29)28-14-20-32(21-15-28)43-23-30-17-11-26-7-3-5-9-34(26)38-30/h2-21,35H,22-23H2,1H3,(H,40,41)/b39-24+. The van der Waals surface area contributed by atoms with Gasteiger partial charge in [-0.1, -0.05) is 78.0 Å². The normalized spacial score (nSPS) is 11.5. The Morgan fingerprint density at radius 1 is 0.659 bits per heavy atom. The maximum absolute atomic E-state index is 11.3. The molecular weight excluding hydrogens is 554 g/mol. The van der Waals surface area contributed by atoms with Crippen molar-refractivity contribution in [1.29, 1.82) is 0 Å². The number of carboxylic acid groups (broad SMARTS) is 1. The number of para-hydroxylation sites is 2. The average Bonchev–Trinajstić information content (AvgIpc) is 3.07. The fourth-order valence-corrected chi connectivity index (χ4v) is 4.65. The van der Waals surface area contributed by atoms with Gasteiger partial charge in [0.15, 0.2) is 11.8 Å². The lowest BCUT2D eigenvalue weighted by molar-refractivity contribution is -0.129. The molecule has 0 aliphatic rings. The average molecular weight is 584 g/mol. The first kappa shape index (κ1) is 28.4. The molecule has 2 heterocycles. The highest BCUT2D eigenvalue weighted by Gasteiger charge is 2.18. The predicted molar refractivity (Wildman–Crippen MR) is 169 cm³/mol. The van der Waals surface area contributed by atoms with Gasteiger partial charge < -0.3 is 19.4 Å². The van der Waals surface area contributed by atoms with E-state index in [0.29, 0.717) is 24.7 Å².